The van der Waals surface area contributed by atoms with E-state index in [4.69, 9.17) is 0 Å². The van der Waals surface area contributed by atoms with Crippen LogP contribution in [0.2, 0.25) is 0 Å². The molecule has 1 aliphatic rings. The Morgan fingerprint density at radius 3 is 2.05 bits per heavy atom. The second-order valence-corrected chi connectivity index (χ2v) is 12.6. The minimum Gasteiger partial charge on any atom is -0.339 e. The Kier molecular flexibility index (Phi) is 7.68. The molecule has 3 aromatic rings. The molecular formula is C26H28N4O6S2. The molecule has 0 amide bonds. The number of rotatable bonds is 6. The van der Waals surface area contributed by atoms with Crippen LogP contribution in [0.5, 0.6) is 0 Å². The molecular weight excluding hydrogens is 528 g/mol. The van der Waals surface area contributed by atoms with E-state index in [1.54, 1.807) is 35.2 Å². The van der Waals surface area contributed by atoms with Gasteiger partial charge >= 0.3 is 0 Å². The van der Waals surface area contributed by atoms with Crippen molar-refractivity contribution in [3.8, 4) is 0 Å². The van der Waals surface area contributed by atoms with Gasteiger partial charge in [0.15, 0.2) is 0 Å². The van der Waals surface area contributed by atoms with E-state index < -0.39 is 31.1 Å². The normalized spacial score (nSPS) is 17.4. The number of nitrogens with zero attached hydrogens (tertiary/aromatic N) is 4. The Balaban J connectivity index is 1.84. The topological polar surface area (TPSA) is 130 Å². The predicted octanol–water partition coefficient (Wildman–Crippen LogP) is 4.41. The number of non-ortho nitro benzene ring substituents is 1. The molecule has 4 rings (SSSR count). The highest BCUT2D eigenvalue weighted by atomic mass is 32.2. The molecule has 0 N–H and O–H groups in total. The van der Waals surface area contributed by atoms with Crippen LogP contribution in [0.4, 0.5) is 5.69 Å². The van der Waals surface area contributed by atoms with Crippen molar-refractivity contribution in [2.24, 2.45) is 4.40 Å². The van der Waals surface area contributed by atoms with Gasteiger partial charge in [-0.25, -0.2) is 8.42 Å². The van der Waals surface area contributed by atoms with Gasteiger partial charge in [-0.1, -0.05) is 47.5 Å². The van der Waals surface area contributed by atoms with Gasteiger partial charge in [-0.15, -0.1) is 4.40 Å². The van der Waals surface area contributed by atoms with E-state index in [0.29, 0.717) is 18.5 Å². The van der Waals surface area contributed by atoms with Crippen molar-refractivity contribution in [2.75, 3.05) is 13.1 Å². The maximum Gasteiger partial charge on any atom is 0.283 e. The summed E-state index contributed by atoms with van der Waals surface area (Å²) in [6.07, 6.45) is -0.652. The molecule has 38 heavy (non-hydrogen) atoms. The summed E-state index contributed by atoms with van der Waals surface area (Å²) in [6.45, 7) is 5.62. The van der Waals surface area contributed by atoms with Crippen molar-refractivity contribution >= 4 is 31.6 Å². The Labute approximate surface area is 222 Å². The van der Waals surface area contributed by atoms with Gasteiger partial charge in [0.2, 0.25) is 10.0 Å². The maximum absolute atomic E-state index is 13.8. The average molecular weight is 557 g/mol. The van der Waals surface area contributed by atoms with E-state index in [9.17, 15) is 26.9 Å². The fraction of sp³-hybridized carbons (Fsp3) is 0.269. The average Bonchev–Trinajstić information content (AvgIpc) is 2.88. The van der Waals surface area contributed by atoms with E-state index in [-0.39, 0.29) is 27.9 Å². The van der Waals surface area contributed by atoms with Crippen LogP contribution in [-0.2, 0) is 20.0 Å². The van der Waals surface area contributed by atoms with Crippen LogP contribution in [0.3, 0.4) is 0 Å². The van der Waals surface area contributed by atoms with E-state index in [0.717, 1.165) is 11.1 Å². The maximum atomic E-state index is 13.8. The monoisotopic (exact) mass is 556 g/mol. The highest BCUT2D eigenvalue weighted by molar-refractivity contribution is 7.90. The number of amidine groups is 1. The second-order valence-electron chi connectivity index (χ2n) is 9.13. The molecule has 10 nitrogen and oxygen atoms in total. The van der Waals surface area contributed by atoms with Gasteiger partial charge in [-0.3, -0.25) is 10.1 Å². The first kappa shape index (κ1) is 27.4. The third-order valence-electron chi connectivity index (χ3n) is 6.34. The largest absolute Gasteiger partial charge is 0.339 e. The summed E-state index contributed by atoms with van der Waals surface area (Å²) in [4.78, 5) is 12.6. The molecule has 1 aliphatic heterocycles. The zero-order valence-electron chi connectivity index (χ0n) is 21.2. The Bertz CT molecular complexity index is 1590. The number of aryl methyl sites for hydroxylation is 2. The number of hydrogen-bond donors (Lipinski definition) is 0. The summed E-state index contributed by atoms with van der Waals surface area (Å²) in [5.41, 5.74) is 1.91. The van der Waals surface area contributed by atoms with Crippen molar-refractivity contribution < 1.29 is 21.8 Å². The predicted molar refractivity (Wildman–Crippen MR) is 144 cm³/mol. The lowest BCUT2D eigenvalue weighted by atomic mass is 10.1. The van der Waals surface area contributed by atoms with Gasteiger partial charge in [0.1, 0.15) is 12.0 Å². The SMILES string of the molecule is CC(=NS(=O)(=O)c1ccc(C)cc1)N1CCCN(S(=O)(=O)c2ccc(C)cc2)[C@H]1c1cccc([N+](=O)[O-])c1. The lowest BCUT2D eigenvalue weighted by Crippen LogP contribution is -2.51. The van der Waals surface area contributed by atoms with E-state index >= 15 is 0 Å². The summed E-state index contributed by atoms with van der Waals surface area (Å²) < 4.78 is 59.1. The summed E-state index contributed by atoms with van der Waals surface area (Å²) in [5, 5.41) is 11.5. The minimum atomic E-state index is -4.09. The highest BCUT2D eigenvalue weighted by Gasteiger charge is 2.40. The Hall–Kier alpha value is -3.61. The van der Waals surface area contributed by atoms with Crippen molar-refractivity contribution in [3.63, 3.8) is 0 Å². The van der Waals surface area contributed by atoms with Crippen LogP contribution >= 0.6 is 0 Å². The molecule has 0 radical (unpaired) electrons. The first-order chi connectivity index (χ1) is 17.9. The minimum absolute atomic E-state index is 0.00971. The van der Waals surface area contributed by atoms with Gasteiger partial charge in [0.05, 0.1) is 14.7 Å². The summed E-state index contributed by atoms with van der Waals surface area (Å²) >= 11 is 0. The third-order valence-corrected chi connectivity index (χ3v) is 9.58. The molecule has 3 aromatic carbocycles. The molecule has 200 valence electrons. The second kappa shape index (κ2) is 10.6. The van der Waals surface area contributed by atoms with Gasteiger partial charge in [0, 0.05) is 25.2 Å². The van der Waals surface area contributed by atoms with E-state index in [2.05, 4.69) is 4.40 Å². The van der Waals surface area contributed by atoms with E-state index in [1.165, 1.54) is 53.7 Å². The van der Waals surface area contributed by atoms with Gasteiger partial charge in [0.25, 0.3) is 15.7 Å². The zero-order chi connectivity index (χ0) is 27.7. The van der Waals surface area contributed by atoms with Crippen molar-refractivity contribution in [1.82, 2.24) is 9.21 Å². The van der Waals surface area contributed by atoms with Gasteiger partial charge < -0.3 is 4.90 Å². The summed E-state index contributed by atoms with van der Waals surface area (Å²) in [6, 6.07) is 18.4. The molecule has 0 bridgehead atoms. The number of hydrogen-bond acceptors (Lipinski definition) is 6. The number of benzene rings is 3. The van der Waals surface area contributed by atoms with Crippen molar-refractivity contribution in [3.05, 3.63) is 99.6 Å². The molecule has 0 aliphatic carbocycles. The lowest BCUT2D eigenvalue weighted by Gasteiger charge is -2.44. The zero-order valence-corrected chi connectivity index (χ0v) is 22.8. The molecule has 0 saturated carbocycles. The standard InChI is InChI=1S/C26H28N4O6S2/c1-19-8-12-24(13-9-19)37(33,34)27-21(3)28-16-5-17-29(38(35,36)25-14-10-20(2)11-15-25)26(28)22-6-4-7-23(18-22)30(31)32/h4,6-15,18,26H,5,16-17H2,1-3H3/t26-/m0/s1. The van der Waals surface area contributed by atoms with Crippen LogP contribution in [0, 0.1) is 24.0 Å². The fourth-order valence-electron chi connectivity index (χ4n) is 4.37. The Morgan fingerprint density at radius 1 is 0.895 bits per heavy atom. The van der Waals surface area contributed by atoms with Crippen LogP contribution in [-0.4, -0.2) is 49.9 Å². The molecule has 1 fully saturated rings. The molecule has 1 heterocycles. The summed E-state index contributed by atoms with van der Waals surface area (Å²) in [5.74, 6) is 0.0749. The number of nitro benzene ring substituents is 1. The smallest absolute Gasteiger partial charge is 0.283 e. The summed E-state index contributed by atoms with van der Waals surface area (Å²) in [7, 11) is -8.15. The molecule has 12 heteroatoms. The van der Waals surface area contributed by atoms with Crippen molar-refractivity contribution in [2.45, 2.75) is 43.1 Å². The molecule has 0 spiro atoms. The third kappa shape index (κ3) is 5.62. The van der Waals surface area contributed by atoms with Crippen LogP contribution in [0.25, 0.3) is 0 Å². The highest BCUT2D eigenvalue weighted by Crippen LogP contribution is 2.36. The molecule has 1 saturated heterocycles. The molecule has 1 atom stereocenters. The van der Waals surface area contributed by atoms with Gasteiger partial charge in [-0.2, -0.15) is 12.7 Å². The lowest BCUT2D eigenvalue weighted by molar-refractivity contribution is -0.385. The Morgan fingerprint density at radius 2 is 1.47 bits per heavy atom. The van der Waals surface area contributed by atoms with Crippen molar-refractivity contribution in [1.29, 1.82) is 0 Å². The number of nitro groups is 1. The van der Waals surface area contributed by atoms with Crippen LogP contribution in [0.15, 0.2) is 87.0 Å². The number of sulfonamides is 2. The fourth-order valence-corrected chi connectivity index (χ4v) is 7.02. The quantitative estimate of drug-likeness (QED) is 0.190. The molecule has 0 unspecified atom stereocenters. The van der Waals surface area contributed by atoms with Crippen LogP contribution in [0.1, 0.15) is 36.2 Å². The van der Waals surface area contributed by atoms with E-state index in [1.807, 2.05) is 13.8 Å². The van der Waals surface area contributed by atoms with Crippen LogP contribution < -0.4 is 0 Å². The first-order valence-corrected chi connectivity index (χ1v) is 14.8. The van der Waals surface area contributed by atoms with Gasteiger partial charge in [-0.05, 0) is 57.0 Å². The first-order valence-electron chi connectivity index (χ1n) is 11.9. The molecule has 0 aromatic heterocycles.